The zero-order valence-electron chi connectivity index (χ0n) is 17.0. The second-order valence-corrected chi connectivity index (χ2v) is 7.76. The first-order valence-corrected chi connectivity index (χ1v) is 10.8. The number of anilines is 1. The summed E-state index contributed by atoms with van der Waals surface area (Å²) in [6.45, 7) is 5.96. The molecule has 0 unspecified atom stereocenters. The number of carbonyl (C=O) groups is 1. The van der Waals surface area contributed by atoms with Crippen molar-refractivity contribution in [2.75, 3.05) is 17.3 Å². The minimum atomic E-state index is -0.760. The fourth-order valence-electron chi connectivity index (χ4n) is 3.42. The van der Waals surface area contributed by atoms with E-state index in [2.05, 4.69) is 15.2 Å². The molecular weight excluding hydrogens is 400 g/mol. The van der Waals surface area contributed by atoms with E-state index in [4.69, 9.17) is 9.47 Å². The summed E-state index contributed by atoms with van der Waals surface area (Å²) in [6.07, 6.45) is -0.760. The summed E-state index contributed by atoms with van der Waals surface area (Å²) in [7, 11) is 0. The minimum Gasteiger partial charge on any atom is -0.493 e. The summed E-state index contributed by atoms with van der Waals surface area (Å²) in [6, 6.07) is 15.1. The molecule has 30 heavy (non-hydrogen) atoms. The quantitative estimate of drug-likeness (QED) is 0.561. The Morgan fingerprint density at radius 3 is 2.67 bits per heavy atom. The maximum atomic E-state index is 12.8. The van der Waals surface area contributed by atoms with Crippen LogP contribution in [0.2, 0.25) is 0 Å². The molecule has 1 atom stereocenters. The Kier molecular flexibility index (Phi) is 5.85. The molecule has 0 N–H and O–H groups in total. The van der Waals surface area contributed by atoms with Crippen molar-refractivity contribution in [1.82, 2.24) is 15.2 Å². The minimum absolute atomic E-state index is 0.164. The zero-order chi connectivity index (χ0) is 21.1. The normalized spacial score (nSPS) is 14.9. The Bertz CT molecular complexity index is 1080. The molecule has 1 aromatic heterocycles. The molecule has 0 fully saturated rings. The molecule has 0 spiro atoms. The number of hydrogen-bond donors (Lipinski definition) is 0. The molecule has 0 radical (unpaired) electrons. The molecule has 0 bridgehead atoms. The van der Waals surface area contributed by atoms with Gasteiger partial charge in [-0.3, -0.25) is 9.69 Å². The van der Waals surface area contributed by atoms with E-state index in [0.29, 0.717) is 34.8 Å². The number of carbonyl (C=O) groups excluding carboxylic acids is 1. The summed E-state index contributed by atoms with van der Waals surface area (Å²) in [5.41, 5.74) is 2.67. The van der Waals surface area contributed by atoms with Gasteiger partial charge in [-0.05, 0) is 30.9 Å². The summed E-state index contributed by atoms with van der Waals surface area (Å²) in [5, 5.41) is 9.15. The van der Waals surface area contributed by atoms with Crippen molar-refractivity contribution in [3.05, 3.63) is 54.1 Å². The second-order valence-electron chi connectivity index (χ2n) is 6.53. The molecule has 8 heteroatoms. The first-order chi connectivity index (χ1) is 14.6. The van der Waals surface area contributed by atoms with Crippen molar-refractivity contribution in [1.29, 1.82) is 0 Å². The SMILES string of the molecule is CCOc1ccccc1[C@H]1Oc2nc(SCC)nnc2-c2ccccc2N1C(C)=O. The van der Waals surface area contributed by atoms with Gasteiger partial charge >= 0.3 is 0 Å². The average Bonchev–Trinajstić information content (AvgIpc) is 2.89. The molecule has 1 aliphatic heterocycles. The number of hydrogen-bond acceptors (Lipinski definition) is 7. The van der Waals surface area contributed by atoms with Gasteiger partial charge in [-0.1, -0.05) is 49.0 Å². The monoisotopic (exact) mass is 422 g/mol. The highest BCUT2D eigenvalue weighted by atomic mass is 32.2. The fourth-order valence-corrected chi connectivity index (χ4v) is 3.92. The molecule has 3 aromatic rings. The molecular formula is C22H22N4O3S. The second kappa shape index (κ2) is 8.71. The summed E-state index contributed by atoms with van der Waals surface area (Å²) in [5.74, 6) is 1.64. The van der Waals surface area contributed by atoms with Crippen LogP contribution in [-0.4, -0.2) is 33.4 Å². The van der Waals surface area contributed by atoms with Crippen molar-refractivity contribution >= 4 is 23.4 Å². The Labute approximate surface area is 179 Å². The first kappa shape index (κ1) is 20.2. The lowest BCUT2D eigenvalue weighted by atomic mass is 10.1. The van der Waals surface area contributed by atoms with E-state index >= 15 is 0 Å². The Morgan fingerprint density at radius 1 is 1.13 bits per heavy atom. The third kappa shape index (κ3) is 3.70. The molecule has 2 heterocycles. The van der Waals surface area contributed by atoms with Gasteiger partial charge in [-0.2, -0.15) is 4.98 Å². The van der Waals surface area contributed by atoms with Crippen LogP contribution in [0.25, 0.3) is 11.3 Å². The molecule has 7 nitrogen and oxygen atoms in total. The highest BCUT2D eigenvalue weighted by Gasteiger charge is 2.35. The average molecular weight is 423 g/mol. The van der Waals surface area contributed by atoms with Crippen molar-refractivity contribution in [2.45, 2.75) is 32.2 Å². The van der Waals surface area contributed by atoms with Crippen LogP contribution in [0, 0.1) is 0 Å². The number of ether oxygens (including phenoxy) is 2. The van der Waals surface area contributed by atoms with Gasteiger partial charge in [0.25, 0.3) is 0 Å². The van der Waals surface area contributed by atoms with Crippen LogP contribution in [-0.2, 0) is 4.79 Å². The zero-order valence-corrected chi connectivity index (χ0v) is 17.8. The Morgan fingerprint density at radius 2 is 1.90 bits per heavy atom. The lowest BCUT2D eigenvalue weighted by Crippen LogP contribution is -2.36. The van der Waals surface area contributed by atoms with Crippen LogP contribution in [0.3, 0.4) is 0 Å². The summed E-state index contributed by atoms with van der Waals surface area (Å²) in [4.78, 5) is 19.0. The smallest absolute Gasteiger partial charge is 0.247 e. The topological polar surface area (TPSA) is 77.4 Å². The maximum absolute atomic E-state index is 12.8. The predicted octanol–water partition coefficient (Wildman–Crippen LogP) is 4.49. The highest BCUT2D eigenvalue weighted by Crippen LogP contribution is 2.44. The maximum Gasteiger partial charge on any atom is 0.247 e. The molecule has 4 rings (SSSR count). The van der Waals surface area contributed by atoms with Gasteiger partial charge in [-0.15, -0.1) is 10.2 Å². The van der Waals surface area contributed by atoms with E-state index in [-0.39, 0.29) is 5.91 Å². The van der Waals surface area contributed by atoms with Crippen LogP contribution in [0.15, 0.2) is 53.7 Å². The van der Waals surface area contributed by atoms with Gasteiger partial charge in [0.2, 0.25) is 23.2 Å². The molecule has 0 saturated carbocycles. The lowest BCUT2D eigenvalue weighted by molar-refractivity contribution is -0.118. The van der Waals surface area contributed by atoms with Crippen molar-refractivity contribution in [2.24, 2.45) is 0 Å². The molecule has 154 valence electrons. The van der Waals surface area contributed by atoms with Gasteiger partial charge in [0.15, 0.2) is 5.69 Å². The number of para-hydroxylation sites is 2. The van der Waals surface area contributed by atoms with Crippen molar-refractivity contribution in [3.8, 4) is 22.9 Å². The number of rotatable bonds is 5. The van der Waals surface area contributed by atoms with Crippen LogP contribution in [0.5, 0.6) is 11.6 Å². The van der Waals surface area contributed by atoms with E-state index in [1.165, 1.54) is 18.7 Å². The Balaban J connectivity index is 1.95. The molecule has 2 aromatic carbocycles. The largest absolute Gasteiger partial charge is 0.493 e. The van der Waals surface area contributed by atoms with Gasteiger partial charge in [0.05, 0.1) is 17.9 Å². The summed E-state index contributed by atoms with van der Waals surface area (Å²) < 4.78 is 12.2. The van der Waals surface area contributed by atoms with E-state index in [9.17, 15) is 4.79 Å². The van der Waals surface area contributed by atoms with E-state index in [0.717, 1.165) is 16.9 Å². The lowest BCUT2D eigenvalue weighted by Gasteiger charge is -2.30. The van der Waals surface area contributed by atoms with Crippen LogP contribution >= 0.6 is 11.8 Å². The number of fused-ring (bicyclic) bond motifs is 3. The van der Waals surface area contributed by atoms with Crippen molar-refractivity contribution < 1.29 is 14.3 Å². The number of aromatic nitrogens is 3. The van der Waals surface area contributed by atoms with E-state index in [1.807, 2.05) is 62.4 Å². The van der Waals surface area contributed by atoms with Gasteiger partial charge in [0, 0.05) is 12.5 Å². The van der Waals surface area contributed by atoms with E-state index in [1.54, 1.807) is 4.90 Å². The van der Waals surface area contributed by atoms with Gasteiger partial charge < -0.3 is 9.47 Å². The van der Waals surface area contributed by atoms with Gasteiger partial charge in [0.1, 0.15) is 5.75 Å². The number of benzene rings is 2. The molecule has 1 amide bonds. The first-order valence-electron chi connectivity index (χ1n) is 9.79. The van der Waals surface area contributed by atoms with Crippen LogP contribution in [0.1, 0.15) is 32.6 Å². The fraction of sp³-hybridized carbons (Fsp3) is 0.273. The number of thioether (sulfide) groups is 1. The van der Waals surface area contributed by atoms with Gasteiger partial charge in [-0.25, -0.2) is 0 Å². The number of nitrogens with zero attached hydrogens (tertiary/aromatic N) is 4. The molecule has 0 aliphatic carbocycles. The number of amides is 1. The Hall–Kier alpha value is -3.13. The third-order valence-electron chi connectivity index (χ3n) is 4.61. The predicted molar refractivity (Wildman–Crippen MR) is 116 cm³/mol. The molecule has 1 aliphatic rings. The standard InChI is InChI=1S/C22H22N4O3S/c1-4-28-18-13-9-7-11-16(18)21-26(14(3)27)17-12-8-6-10-15(17)19-20(29-21)23-22(25-24-19)30-5-2/h6-13,21H,4-5H2,1-3H3/t21-/m1/s1. The van der Waals surface area contributed by atoms with Crippen LogP contribution in [0.4, 0.5) is 5.69 Å². The van der Waals surface area contributed by atoms with E-state index < -0.39 is 6.23 Å². The molecule has 0 saturated heterocycles. The highest BCUT2D eigenvalue weighted by molar-refractivity contribution is 7.99. The van der Waals surface area contributed by atoms with Crippen molar-refractivity contribution in [3.63, 3.8) is 0 Å². The van der Waals surface area contributed by atoms with Crippen LogP contribution < -0.4 is 14.4 Å². The summed E-state index contributed by atoms with van der Waals surface area (Å²) >= 11 is 1.48. The third-order valence-corrected chi connectivity index (χ3v) is 5.33.